The van der Waals surface area contributed by atoms with Crippen molar-refractivity contribution < 1.29 is 14.6 Å². The van der Waals surface area contributed by atoms with Crippen molar-refractivity contribution in [2.24, 2.45) is 0 Å². The molecule has 11 heteroatoms. The number of rotatable bonds is 12. The van der Waals surface area contributed by atoms with Crippen LogP contribution in [0.3, 0.4) is 0 Å². The van der Waals surface area contributed by atoms with Gasteiger partial charge >= 0.3 is 0 Å². The van der Waals surface area contributed by atoms with Gasteiger partial charge in [-0.1, -0.05) is 43.9 Å². The molecule has 0 radical (unpaired) electrons. The number of fused-ring (bicyclic) bond motifs is 2. The third-order valence-corrected chi connectivity index (χ3v) is 8.60. The molecule has 1 aromatic carbocycles. The summed E-state index contributed by atoms with van der Waals surface area (Å²) in [4.78, 5) is 11.3. The molecule has 1 fully saturated rings. The molecule has 3 aromatic rings. The molecule has 0 amide bonds. The summed E-state index contributed by atoms with van der Waals surface area (Å²) in [5.74, 6) is 1.35. The third-order valence-electron chi connectivity index (χ3n) is 6.90. The Morgan fingerprint density at radius 2 is 1.97 bits per heavy atom. The van der Waals surface area contributed by atoms with Crippen LogP contribution in [0.2, 0.25) is 25.7 Å². The molecule has 0 spiro atoms. The van der Waals surface area contributed by atoms with Crippen LogP contribution in [0.15, 0.2) is 30.6 Å². The summed E-state index contributed by atoms with van der Waals surface area (Å²) in [5, 5.41) is 22.4. The van der Waals surface area contributed by atoms with Crippen LogP contribution in [0.1, 0.15) is 11.1 Å². The van der Waals surface area contributed by atoms with Crippen LogP contribution in [-0.4, -0.2) is 89.4 Å². The van der Waals surface area contributed by atoms with Crippen LogP contribution in [0.25, 0.3) is 11.0 Å². The smallest absolute Gasteiger partial charge is 0.175 e. The van der Waals surface area contributed by atoms with E-state index < -0.39 is 14.2 Å². The van der Waals surface area contributed by atoms with Crippen LogP contribution < -0.4 is 10.6 Å². The molecule has 10 nitrogen and oxygen atoms in total. The predicted octanol–water partition coefficient (Wildman–Crippen LogP) is 2.78. The highest BCUT2D eigenvalue weighted by molar-refractivity contribution is 6.76. The highest BCUT2D eigenvalue weighted by atomic mass is 28.3. The third kappa shape index (κ3) is 6.66. The minimum absolute atomic E-state index is 0.224. The molecular weight excluding hydrogens is 486 g/mol. The van der Waals surface area contributed by atoms with Gasteiger partial charge in [0.1, 0.15) is 24.1 Å². The maximum Gasteiger partial charge on any atom is 0.175 e. The first-order valence-electron chi connectivity index (χ1n) is 13.2. The van der Waals surface area contributed by atoms with E-state index in [0.717, 1.165) is 36.9 Å². The monoisotopic (exact) mass is 525 g/mol. The van der Waals surface area contributed by atoms with Crippen molar-refractivity contribution in [1.82, 2.24) is 24.6 Å². The standard InChI is InChI=1S/C26H39N7O3Si/c1-37(2,3)11-10-35-18-33-24-23(28-17-29-26(24)30-21-15-36-16-21)25(31-33)27-12-22(34)14-32-9-8-19-6-4-5-7-20(19)13-32/h4-7,17,21-22,34H,8-16,18H2,1-3H3,(H,27,31)(H,28,29,30)/t22-/m0/s1. The van der Waals surface area contributed by atoms with Gasteiger partial charge in [-0.2, -0.15) is 5.10 Å². The molecule has 1 saturated heterocycles. The fraction of sp³-hybridized carbons (Fsp3) is 0.577. The van der Waals surface area contributed by atoms with Crippen LogP contribution in [0.5, 0.6) is 0 Å². The van der Waals surface area contributed by atoms with Crippen molar-refractivity contribution in [2.75, 3.05) is 50.1 Å². The topological polar surface area (TPSA) is 110 Å². The highest BCUT2D eigenvalue weighted by Crippen LogP contribution is 2.27. The lowest BCUT2D eigenvalue weighted by Gasteiger charge is -2.30. The largest absolute Gasteiger partial charge is 0.390 e. The molecule has 1 atom stereocenters. The molecule has 0 bridgehead atoms. The summed E-state index contributed by atoms with van der Waals surface area (Å²) < 4.78 is 13.2. The second-order valence-corrected chi connectivity index (χ2v) is 16.9. The van der Waals surface area contributed by atoms with E-state index in [1.807, 2.05) is 4.68 Å². The van der Waals surface area contributed by atoms with E-state index >= 15 is 0 Å². The van der Waals surface area contributed by atoms with Crippen molar-refractivity contribution >= 4 is 30.7 Å². The predicted molar refractivity (Wildman–Crippen MR) is 148 cm³/mol. The van der Waals surface area contributed by atoms with E-state index in [1.54, 1.807) is 6.33 Å². The van der Waals surface area contributed by atoms with Gasteiger partial charge in [-0.15, -0.1) is 0 Å². The lowest BCUT2D eigenvalue weighted by Crippen LogP contribution is -2.40. The minimum Gasteiger partial charge on any atom is -0.390 e. The number of anilines is 2. The Kier molecular flexibility index (Phi) is 8.06. The fourth-order valence-corrected chi connectivity index (χ4v) is 5.42. The number of hydrogen-bond donors (Lipinski definition) is 3. The number of hydrogen-bond acceptors (Lipinski definition) is 9. The average molecular weight is 526 g/mol. The van der Waals surface area contributed by atoms with E-state index in [-0.39, 0.29) is 6.04 Å². The van der Waals surface area contributed by atoms with E-state index in [2.05, 4.69) is 69.4 Å². The van der Waals surface area contributed by atoms with Crippen LogP contribution in [0, 0.1) is 0 Å². The number of aliphatic hydroxyl groups excluding tert-OH is 1. The quantitative estimate of drug-likeness (QED) is 0.243. The Balaban J connectivity index is 1.25. The van der Waals surface area contributed by atoms with E-state index in [1.165, 1.54) is 11.1 Å². The molecule has 3 N–H and O–H groups in total. The maximum absolute atomic E-state index is 10.8. The van der Waals surface area contributed by atoms with E-state index in [0.29, 0.717) is 51.0 Å². The van der Waals surface area contributed by atoms with Crippen molar-refractivity contribution in [2.45, 2.75) is 57.5 Å². The first-order chi connectivity index (χ1) is 17.9. The molecular formula is C26H39N7O3Si. The zero-order chi connectivity index (χ0) is 25.8. The summed E-state index contributed by atoms with van der Waals surface area (Å²) in [6, 6.07) is 9.87. The SMILES string of the molecule is C[Si](C)(C)CCOCn1nc(NC[C@H](O)CN2CCc3ccccc3C2)c2ncnc(NC3COC3)c21. The molecule has 2 aliphatic rings. The Labute approximate surface area is 219 Å². The van der Waals surface area contributed by atoms with E-state index in [9.17, 15) is 5.11 Å². The van der Waals surface area contributed by atoms with Gasteiger partial charge in [-0.25, -0.2) is 14.6 Å². The first-order valence-corrected chi connectivity index (χ1v) is 16.9. The highest BCUT2D eigenvalue weighted by Gasteiger charge is 2.24. The van der Waals surface area contributed by atoms with Crippen molar-refractivity contribution in [1.29, 1.82) is 0 Å². The number of ether oxygens (including phenoxy) is 2. The number of aromatic nitrogens is 4. The minimum atomic E-state index is -1.19. The van der Waals surface area contributed by atoms with Crippen molar-refractivity contribution in [3.8, 4) is 0 Å². The molecule has 2 aliphatic heterocycles. The second-order valence-electron chi connectivity index (χ2n) is 11.3. The summed E-state index contributed by atoms with van der Waals surface area (Å²) >= 11 is 0. The van der Waals surface area contributed by atoms with Gasteiger partial charge in [0.2, 0.25) is 0 Å². The van der Waals surface area contributed by atoms with Gasteiger partial charge in [0.15, 0.2) is 11.6 Å². The van der Waals surface area contributed by atoms with Gasteiger partial charge in [-0.3, -0.25) is 4.90 Å². The Hall–Kier alpha value is -2.57. The molecule has 37 heavy (non-hydrogen) atoms. The van der Waals surface area contributed by atoms with Crippen LogP contribution in [0.4, 0.5) is 11.6 Å². The number of nitrogens with zero attached hydrogens (tertiary/aromatic N) is 5. The summed E-state index contributed by atoms with van der Waals surface area (Å²) in [5.41, 5.74) is 4.27. The molecule has 200 valence electrons. The number of nitrogens with one attached hydrogen (secondary N) is 2. The van der Waals surface area contributed by atoms with Crippen LogP contribution >= 0.6 is 0 Å². The van der Waals surface area contributed by atoms with Gasteiger partial charge in [0, 0.05) is 40.9 Å². The van der Waals surface area contributed by atoms with Crippen LogP contribution in [-0.2, 0) is 29.2 Å². The number of benzene rings is 1. The average Bonchev–Trinajstić information content (AvgIpc) is 3.20. The molecule has 0 aliphatic carbocycles. The zero-order valence-corrected chi connectivity index (χ0v) is 23.1. The lowest BCUT2D eigenvalue weighted by atomic mass is 10.00. The molecule has 0 saturated carbocycles. The molecule has 5 rings (SSSR count). The Bertz CT molecular complexity index is 1190. The fourth-order valence-electron chi connectivity index (χ4n) is 4.66. The summed E-state index contributed by atoms with van der Waals surface area (Å²) in [6.45, 7) is 12.2. The maximum atomic E-state index is 10.8. The molecule has 2 aromatic heterocycles. The first kappa shape index (κ1) is 26.1. The van der Waals surface area contributed by atoms with Gasteiger partial charge in [0.25, 0.3) is 0 Å². The Morgan fingerprint density at radius 3 is 2.73 bits per heavy atom. The molecule has 0 unspecified atom stereocenters. The summed E-state index contributed by atoms with van der Waals surface area (Å²) in [6.07, 6.45) is 2.03. The van der Waals surface area contributed by atoms with Gasteiger partial charge in [-0.05, 0) is 23.6 Å². The zero-order valence-electron chi connectivity index (χ0n) is 22.1. The van der Waals surface area contributed by atoms with E-state index in [4.69, 9.17) is 14.6 Å². The molecule has 4 heterocycles. The lowest BCUT2D eigenvalue weighted by molar-refractivity contribution is 0.0209. The van der Waals surface area contributed by atoms with Gasteiger partial charge in [0.05, 0.1) is 25.4 Å². The van der Waals surface area contributed by atoms with Crippen molar-refractivity contribution in [3.05, 3.63) is 41.7 Å². The number of aliphatic hydroxyl groups is 1. The van der Waals surface area contributed by atoms with Gasteiger partial charge < -0.3 is 25.2 Å². The second kappa shape index (κ2) is 11.4. The Morgan fingerprint density at radius 1 is 1.16 bits per heavy atom. The summed E-state index contributed by atoms with van der Waals surface area (Å²) in [7, 11) is -1.19. The number of β-amino-alcohol motifs (C(OH)–C–C–N with tert-alkyl or cyclic N) is 1. The normalized spacial score (nSPS) is 17.4. The van der Waals surface area contributed by atoms with Crippen molar-refractivity contribution in [3.63, 3.8) is 0 Å².